The summed E-state index contributed by atoms with van der Waals surface area (Å²) >= 11 is 4.55. The molecular weight excluding hydrogens is 236 g/mol. The van der Waals surface area contributed by atoms with Crippen LogP contribution in [0.4, 0.5) is 0 Å². The standard InChI is InChI=1S/C13H16O3S/c17-13-6-7-14-12(13)11(9-16-13)15-8-10-4-2-1-3-5-10/h1-5,11-12,17H,6-9H2/t11-,12-,13+/m1/s1. The molecule has 4 heteroatoms. The van der Waals surface area contributed by atoms with Crippen LogP contribution >= 0.6 is 12.6 Å². The van der Waals surface area contributed by atoms with Gasteiger partial charge in [0.15, 0.2) is 0 Å². The Bertz CT molecular complexity index is 384. The Kier molecular flexibility index (Phi) is 3.13. The van der Waals surface area contributed by atoms with Gasteiger partial charge in [0.25, 0.3) is 0 Å². The first-order chi connectivity index (χ1) is 8.28. The highest BCUT2D eigenvalue weighted by molar-refractivity contribution is 7.81. The number of thiol groups is 1. The molecule has 0 aromatic heterocycles. The van der Waals surface area contributed by atoms with Crippen LogP contribution in [0, 0.1) is 0 Å². The number of fused-ring (bicyclic) bond motifs is 1. The van der Waals surface area contributed by atoms with E-state index in [2.05, 4.69) is 24.8 Å². The van der Waals surface area contributed by atoms with Crippen LogP contribution in [0.3, 0.4) is 0 Å². The maximum absolute atomic E-state index is 5.87. The molecule has 0 aliphatic carbocycles. The largest absolute Gasteiger partial charge is 0.371 e. The molecule has 3 atom stereocenters. The van der Waals surface area contributed by atoms with E-state index in [0.29, 0.717) is 19.8 Å². The minimum absolute atomic E-state index is 0.00444. The van der Waals surface area contributed by atoms with Crippen LogP contribution in [0.15, 0.2) is 30.3 Å². The molecule has 0 amide bonds. The van der Waals surface area contributed by atoms with Crippen LogP contribution in [-0.4, -0.2) is 30.4 Å². The first-order valence-corrected chi connectivity index (χ1v) is 6.36. The third-order valence-corrected chi connectivity index (χ3v) is 3.95. The molecular formula is C13H16O3S. The zero-order valence-corrected chi connectivity index (χ0v) is 10.4. The molecule has 0 spiro atoms. The van der Waals surface area contributed by atoms with Crippen molar-refractivity contribution >= 4 is 12.6 Å². The van der Waals surface area contributed by atoms with Crippen LogP contribution in [0.1, 0.15) is 12.0 Å². The van der Waals surface area contributed by atoms with Gasteiger partial charge in [-0.2, -0.15) is 0 Å². The Balaban J connectivity index is 1.60. The molecule has 2 aliphatic heterocycles. The quantitative estimate of drug-likeness (QED) is 0.834. The van der Waals surface area contributed by atoms with Crippen molar-refractivity contribution in [3.05, 3.63) is 35.9 Å². The fourth-order valence-corrected chi connectivity index (χ4v) is 2.79. The van der Waals surface area contributed by atoms with Gasteiger partial charge in [0.2, 0.25) is 0 Å². The van der Waals surface area contributed by atoms with Gasteiger partial charge >= 0.3 is 0 Å². The van der Waals surface area contributed by atoms with E-state index in [0.717, 1.165) is 6.42 Å². The van der Waals surface area contributed by atoms with E-state index < -0.39 is 4.93 Å². The molecule has 0 radical (unpaired) electrons. The molecule has 3 rings (SSSR count). The molecule has 2 heterocycles. The lowest BCUT2D eigenvalue weighted by Gasteiger charge is -2.21. The van der Waals surface area contributed by atoms with E-state index in [1.807, 2.05) is 18.2 Å². The summed E-state index contributed by atoms with van der Waals surface area (Å²) in [5, 5.41) is 0. The Morgan fingerprint density at radius 2 is 2.18 bits per heavy atom. The lowest BCUT2D eigenvalue weighted by atomic mass is 10.1. The highest BCUT2D eigenvalue weighted by atomic mass is 32.1. The Morgan fingerprint density at radius 1 is 1.35 bits per heavy atom. The molecule has 0 saturated carbocycles. The molecule has 2 fully saturated rings. The number of benzene rings is 1. The average Bonchev–Trinajstić information content (AvgIpc) is 2.85. The fourth-order valence-electron chi connectivity index (χ4n) is 2.38. The number of hydrogen-bond acceptors (Lipinski definition) is 4. The van der Waals surface area contributed by atoms with Gasteiger partial charge in [0, 0.05) is 6.42 Å². The third kappa shape index (κ3) is 2.22. The number of rotatable bonds is 3. The van der Waals surface area contributed by atoms with Crippen molar-refractivity contribution in [1.29, 1.82) is 0 Å². The molecule has 2 aliphatic rings. The molecule has 2 saturated heterocycles. The van der Waals surface area contributed by atoms with E-state index in [9.17, 15) is 0 Å². The van der Waals surface area contributed by atoms with Crippen LogP contribution in [0.25, 0.3) is 0 Å². The second-order valence-corrected chi connectivity index (χ2v) is 5.29. The van der Waals surface area contributed by atoms with Crippen molar-refractivity contribution in [3.8, 4) is 0 Å². The second-order valence-electron chi connectivity index (χ2n) is 4.53. The molecule has 0 bridgehead atoms. The summed E-state index contributed by atoms with van der Waals surface area (Å²) < 4.78 is 17.2. The second kappa shape index (κ2) is 4.61. The van der Waals surface area contributed by atoms with Gasteiger partial charge in [-0.25, -0.2) is 0 Å². The topological polar surface area (TPSA) is 27.7 Å². The summed E-state index contributed by atoms with van der Waals surface area (Å²) in [4.78, 5) is -0.429. The summed E-state index contributed by atoms with van der Waals surface area (Å²) in [6.45, 7) is 1.87. The number of hydrogen-bond donors (Lipinski definition) is 1. The van der Waals surface area contributed by atoms with Crippen molar-refractivity contribution in [2.45, 2.75) is 30.2 Å². The van der Waals surface area contributed by atoms with Gasteiger partial charge in [0.1, 0.15) is 17.1 Å². The Labute approximate surface area is 106 Å². The lowest BCUT2D eigenvalue weighted by Crippen LogP contribution is -2.35. The van der Waals surface area contributed by atoms with Gasteiger partial charge in [-0.3, -0.25) is 0 Å². The van der Waals surface area contributed by atoms with E-state index in [-0.39, 0.29) is 12.2 Å². The summed E-state index contributed by atoms with van der Waals surface area (Å²) in [7, 11) is 0. The zero-order valence-electron chi connectivity index (χ0n) is 9.54. The molecule has 0 N–H and O–H groups in total. The van der Waals surface area contributed by atoms with Crippen molar-refractivity contribution in [2.24, 2.45) is 0 Å². The summed E-state index contributed by atoms with van der Waals surface area (Å²) in [6, 6.07) is 10.1. The predicted molar refractivity (Wildman–Crippen MR) is 67.0 cm³/mol. The average molecular weight is 252 g/mol. The normalized spacial score (nSPS) is 36.1. The molecule has 3 nitrogen and oxygen atoms in total. The van der Waals surface area contributed by atoms with Crippen molar-refractivity contribution in [2.75, 3.05) is 13.2 Å². The molecule has 0 unspecified atom stereocenters. The van der Waals surface area contributed by atoms with E-state index in [1.165, 1.54) is 5.56 Å². The van der Waals surface area contributed by atoms with Crippen molar-refractivity contribution in [1.82, 2.24) is 0 Å². The first kappa shape index (κ1) is 11.5. The van der Waals surface area contributed by atoms with Gasteiger partial charge in [-0.15, -0.1) is 12.6 Å². The molecule has 92 valence electrons. The number of ether oxygens (including phenoxy) is 3. The first-order valence-electron chi connectivity index (χ1n) is 5.91. The predicted octanol–water partition coefficient (Wildman–Crippen LogP) is 2.02. The lowest BCUT2D eigenvalue weighted by molar-refractivity contribution is -0.0394. The van der Waals surface area contributed by atoms with E-state index in [1.54, 1.807) is 0 Å². The van der Waals surface area contributed by atoms with Gasteiger partial charge in [-0.1, -0.05) is 30.3 Å². The highest BCUT2D eigenvalue weighted by Gasteiger charge is 2.52. The van der Waals surface area contributed by atoms with Crippen LogP contribution < -0.4 is 0 Å². The van der Waals surface area contributed by atoms with Gasteiger partial charge in [-0.05, 0) is 5.56 Å². The molecule has 1 aromatic rings. The Morgan fingerprint density at radius 3 is 3.00 bits per heavy atom. The summed E-state index contributed by atoms with van der Waals surface area (Å²) in [5.74, 6) is 0. The van der Waals surface area contributed by atoms with Crippen molar-refractivity contribution in [3.63, 3.8) is 0 Å². The van der Waals surface area contributed by atoms with Gasteiger partial charge < -0.3 is 14.2 Å². The minimum Gasteiger partial charge on any atom is -0.371 e. The minimum atomic E-state index is -0.429. The van der Waals surface area contributed by atoms with E-state index >= 15 is 0 Å². The SMILES string of the molecule is S[C@@]12CCO[C@@H]1[C@H](OCc1ccccc1)CO2. The summed E-state index contributed by atoms with van der Waals surface area (Å²) in [5.41, 5.74) is 1.17. The monoisotopic (exact) mass is 252 g/mol. The third-order valence-electron chi connectivity index (χ3n) is 3.34. The molecule has 1 aromatic carbocycles. The maximum atomic E-state index is 5.87. The van der Waals surface area contributed by atoms with Crippen LogP contribution in [0.2, 0.25) is 0 Å². The van der Waals surface area contributed by atoms with Crippen molar-refractivity contribution < 1.29 is 14.2 Å². The van der Waals surface area contributed by atoms with Gasteiger partial charge in [0.05, 0.1) is 19.8 Å². The van der Waals surface area contributed by atoms with Crippen LogP contribution in [-0.2, 0) is 20.8 Å². The summed E-state index contributed by atoms with van der Waals surface area (Å²) in [6.07, 6.45) is 0.802. The molecule has 17 heavy (non-hydrogen) atoms. The Hall–Kier alpha value is -0.550. The van der Waals surface area contributed by atoms with E-state index in [4.69, 9.17) is 14.2 Å². The fraction of sp³-hybridized carbons (Fsp3) is 0.538. The van der Waals surface area contributed by atoms with Crippen LogP contribution in [0.5, 0.6) is 0 Å². The smallest absolute Gasteiger partial charge is 0.142 e. The zero-order chi connectivity index (χ0) is 11.7. The highest BCUT2D eigenvalue weighted by Crippen LogP contribution is 2.41. The maximum Gasteiger partial charge on any atom is 0.142 e.